The summed E-state index contributed by atoms with van der Waals surface area (Å²) in [5, 5.41) is 5.47. The van der Waals surface area contributed by atoms with E-state index in [0.717, 1.165) is 31.5 Å². The summed E-state index contributed by atoms with van der Waals surface area (Å²) < 4.78 is 5.09. The van der Waals surface area contributed by atoms with Crippen LogP contribution in [-0.4, -0.2) is 43.0 Å². The number of rotatable bonds is 6. The van der Waals surface area contributed by atoms with Crippen LogP contribution in [0.1, 0.15) is 38.3 Å². The molecule has 5 nitrogen and oxygen atoms in total. The summed E-state index contributed by atoms with van der Waals surface area (Å²) in [6, 6.07) is 14.5. The summed E-state index contributed by atoms with van der Waals surface area (Å²) in [6.45, 7) is 6.13. The number of nitrogens with one attached hydrogen (secondary N) is 1. The van der Waals surface area contributed by atoms with Crippen molar-refractivity contribution in [2.75, 3.05) is 26.2 Å². The molecule has 1 atom stereocenters. The second-order valence-corrected chi connectivity index (χ2v) is 7.20. The highest BCUT2D eigenvalue weighted by atomic mass is 16.5. The van der Waals surface area contributed by atoms with Gasteiger partial charge in [-0.05, 0) is 62.2 Å². The highest BCUT2D eigenvalue weighted by Crippen LogP contribution is 2.21. The van der Waals surface area contributed by atoms with Gasteiger partial charge in [0.1, 0.15) is 0 Å². The van der Waals surface area contributed by atoms with Crippen molar-refractivity contribution in [2.24, 2.45) is 5.92 Å². The van der Waals surface area contributed by atoms with E-state index in [2.05, 4.69) is 40.5 Å². The molecule has 1 saturated heterocycles. The van der Waals surface area contributed by atoms with Crippen LogP contribution in [0.15, 0.2) is 42.5 Å². The number of likely N-dealkylation sites (tertiary alicyclic amines) is 1. The van der Waals surface area contributed by atoms with Crippen molar-refractivity contribution in [2.45, 2.75) is 32.7 Å². The molecular formula is C22H28N2O3. The zero-order valence-electron chi connectivity index (χ0n) is 16.1. The normalized spacial score (nSPS) is 16.8. The van der Waals surface area contributed by atoms with Crippen molar-refractivity contribution in [3.63, 3.8) is 0 Å². The number of nitrogens with zero attached hydrogens (tertiary/aromatic N) is 1. The SMILES string of the molecule is CCOC(=O)C1CCN(CC(=O)N[C@@H](C)c2ccc3ccccc3c2)CC1. The van der Waals surface area contributed by atoms with Crippen molar-refractivity contribution in [3.8, 4) is 0 Å². The topological polar surface area (TPSA) is 58.6 Å². The summed E-state index contributed by atoms with van der Waals surface area (Å²) in [6.07, 6.45) is 1.51. The lowest BCUT2D eigenvalue weighted by Gasteiger charge is -2.30. The number of hydrogen-bond acceptors (Lipinski definition) is 4. The lowest BCUT2D eigenvalue weighted by atomic mass is 9.97. The summed E-state index contributed by atoms with van der Waals surface area (Å²) >= 11 is 0. The number of amides is 1. The molecule has 144 valence electrons. The summed E-state index contributed by atoms with van der Waals surface area (Å²) in [7, 11) is 0. The van der Waals surface area contributed by atoms with Gasteiger partial charge in [0, 0.05) is 0 Å². The Balaban J connectivity index is 1.49. The van der Waals surface area contributed by atoms with Gasteiger partial charge in [0.2, 0.25) is 5.91 Å². The van der Waals surface area contributed by atoms with E-state index in [0.29, 0.717) is 13.2 Å². The van der Waals surface area contributed by atoms with Crippen LogP contribution in [0.25, 0.3) is 10.8 Å². The molecule has 0 aliphatic carbocycles. The molecule has 0 bridgehead atoms. The first-order valence-corrected chi connectivity index (χ1v) is 9.74. The fraction of sp³-hybridized carbons (Fsp3) is 0.455. The maximum absolute atomic E-state index is 12.4. The predicted molar refractivity (Wildman–Crippen MR) is 106 cm³/mol. The summed E-state index contributed by atoms with van der Waals surface area (Å²) in [5.41, 5.74) is 1.10. The minimum absolute atomic E-state index is 0.0187. The Bertz CT molecular complexity index is 797. The molecule has 2 aromatic rings. The third-order valence-corrected chi connectivity index (χ3v) is 5.23. The van der Waals surface area contributed by atoms with E-state index in [1.54, 1.807) is 0 Å². The van der Waals surface area contributed by atoms with Gasteiger partial charge in [0.15, 0.2) is 0 Å². The molecule has 1 amide bonds. The molecule has 2 aromatic carbocycles. The average molecular weight is 368 g/mol. The Kier molecular flexibility index (Phi) is 6.45. The van der Waals surface area contributed by atoms with Gasteiger partial charge >= 0.3 is 5.97 Å². The van der Waals surface area contributed by atoms with Crippen molar-refractivity contribution in [1.29, 1.82) is 0 Å². The standard InChI is InChI=1S/C22H28N2O3/c1-3-27-22(26)18-10-12-24(13-11-18)15-21(25)23-16(2)19-9-8-17-6-4-5-7-20(17)14-19/h4-9,14,16,18H,3,10-13,15H2,1-2H3,(H,23,25)/t16-/m0/s1. The molecule has 0 aromatic heterocycles. The Morgan fingerprint density at radius 2 is 1.85 bits per heavy atom. The third kappa shape index (κ3) is 5.07. The quantitative estimate of drug-likeness (QED) is 0.795. The van der Waals surface area contributed by atoms with Gasteiger partial charge in [-0.3, -0.25) is 14.5 Å². The molecule has 1 fully saturated rings. The summed E-state index contributed by atoms with van der Waals surface area (Å²) in [5.74, 6) is -0.113. The zero-order chi connectivity index (χ0) is 19.2. The minimum Gasteiger partial charge on any atom is -0.466 e. The molecule has 1 aliphatic heterocycles. The highest BCUT2D eigenvalue weighted by molar-refractivity contribution is 5.83. The van der Waals surface area contributed by atoms with Crippen LogP contribution >= 0.6 is 0 Å². The van der Waals surface area contributed by atoms with Crippen LogP contribution in [-0.2, 0) is 14.3 Å². The fourth-order valence-electron chi connectivity index (χ4n) is 3.64. The molecule has 1 aliphatic rings. The molecule has 1 N–H and O–H groups in total. The van der Waals surface area contributed by atoms with E-state index in [4.69, 9.17) is 4.74 Å². The van der Waals surface area contributed by atoms with E-state index in [-0.39, 0.29) is 23.8 Å². The van der Waals surface area contributed by atoms with Crippen LogP contribution in [0.5, 0.6) is 0 Å². The lowest BCUT2D eigenvalue weighted by Crippen LogP contribution is -2.43. The molecule has 0 unspecified atom stereocenters. The first-order chi connectivity index (χ1) is 13.1. The number of esters is 1. The zero-order valence-corrected chi connectivity index (χ0v) is 16.1. The Hall–Kier alpha value is -2.40. The Labute approximate surface area is 160 Å². The van der Waals surface area contributed by atoms with E-state index in [1.165, 1.54) is 10.8 Å². The number of ether oxygens (including phenoxy) is 1. The maximum atomic E-state index is 12.4. The number of carbonyl (C=O) groups excluding carboxylic acids is 2. The monoisotopic (exact) mass is 368 g/mol. The van der Waals surface area contributed by atoms with Crippen molar-refractivity contribution >= 4 is 22.6 Å². The van der Waals surface area contributed by atoms with Crippen molar-refractivity contribution in [1.82, 2.24) is 10.2 Å². The molecule has 5 heteroatoms. The van der Waals surface area contributed by atoms with Crippen molar-refractivity contribution < 1.29 is 14.3 Å². The number of hydrogen-bond donors (Lipinski definition) is 1. The van der Waals surface area contributed by atoms with Crippen LogP contribution in [0.4, 0.5) is 0 Å². The Morgan fingerprint density at radius 1 is 1.15 bits per heavy atom. The lowest BCUT2D eigenvalue weighted by molar-refractivity contribution is -0.149. The molecule has 27 heavy (non-hydrogen) atoms. The van der Waals surface area contributed by atoms with Gasteiger partial charge in [0.25, 0.3) is 0 Å². The predicted octanol–water partition coefficient (Wildman–Crippen LogP) is 3.29. The van der Waals surface area contributed by atoms with Gasteiger partial charge in [-0.2, -0.15) is 0 Å². The second kappa shape index (κ2) is 9.00. The number of benzene rings is 2. The molecule has 0 saturated carbocycles. The number of carbonyl (C=O) groups is 2. The van der Waals surface area contributed by atoms with Gasteiger partial charge in [-0.1, -0.05) is 36.4 Å². The highest BCUT2D eigenvalue weighted by Gasteiger charge is 2.27. The van der Waals surface area contributed by atoms with Crippen LogP contribution in [0, 0.1) is 5.92 Å². The number of fused-ring (bicyclic) bond motifs is 1. The summed E-state index contributed by atoms with van der Waals surface area (Å²) in [4.78, 5) is 26.3. The van der Waals surface area contributed by atoms with E-state index in [1.807, 2.05) is 26.0 Å². The van der Waals surface area contributed by atoms with E-state index >= 15 is 0 Å². The fourth-order valence-corrected chi connectivity index (χ4v) is 3.64. The Morgan fingerprint density at radius 3 is 2.56 bits per heavy atom. The van der Waals surface area contributed by atoms with Gasteiger partial charge < -0.3 is 10.1 Å². The van der Waals surface area contributed by atoms with Crippen LogP contribution < -0.4 is 5.32 Å². The molecule has 0 radical (unpaired) electrons. The van der Waals surface area contributed by atoms with Crippen molar-refractivity contribution in [3.05, 3.63) is 48.0 Å². The second-order valence-electron chi connectivity index (χ2n) is 7.20. The first kappa shape index (κ1) is 19.4. The van der Waals surface area contributed by atoms with Gasteiger partial charge in [0.05, 0.1) is 25.1 Å². The first-order valence-electron chi connectivity index (χ1n) is 9.74. The van der Waals surface area contributed by atoms with E-state index in [9.17, 15) is 9.59 Å². The van der Waals surface area contributed by atoms with Gasteiger partial charge in [-0.25, -0.2) is 0 Å². The average Bonchev–Trinajstić information content (AvgIpc) is 2.68. The molecular weight excluding hydrogens is 340 g/mol. The third-order valence-electron chi connectivity index (χ3n) is 5.23. The number of piperidine rings is 1. The smallest absolute Gasteiger partial charge is 0.309 e. The van der Waals surface area contributed by atoms with Crippen LogP contribution in [0.3, 0.4) is 0 Å². The molecule has 1 heterocycles. The minimum atomic E-state index is -0.105. The largest absolute Gasteiger partial charge is 0.466 e. The van der Waals surface area contributed by atoms with Crippen LogP contribution in [0.2, 0.25) is 0 Å². The molecule has 0 spiro atoms. The maximum Gasteiger partial charge on any atom is 0.309 e. The molecule has 3 rings (SSSR count). The van der Waals surface area contributed by atoms with E-state index < -0.39 is 0 Å². The van der Waals surface area contributed by atoms with Gasteiger partial charge in [-0.15, -0.1) is 0 Å².